The fourth-order valence-corrected chi connectivity index (χ4v) is 2.80. The van der Waals surface area contributed by atoms with Gasteiger partial charge in [0.15, 0.2) is 0 Å². The van der Waals surface area contributed by atoms with Gasteiger partial charge in [-0.1, -0.05) is 17.7 Å². The van der Waals surface area contributed by atoms with E-state index in [1.807, 2.05) is 12.1 Å². The molecule has 0 unspecified atom stereocenters. The first-order valence-electron chi connectivity index (χ1n) is 6.80. The highest BCUT2D eigenvalue weighted by atomic mass is 35.5. The maximum Gasteiger partial charge on any atom is 0.137 e. The number of nitrogens with zero attached hydrogens (tertiary/aromatic N) is 1. The Bertz CT molecular complexity index is 428. The van der Waals surface area contributed by atoms with Crippen LogP contribution >= 0.6 is 11.6 Å². The van der Waals surface area contributed by atoms with Crippen LogP contribution in [0.5, 0.6) is 5.75 Å². The molecule has 0 spiro atoms. The van der Waals surface area contributed by atoms with Crippen molar-refractivity contribution in [3.05, 3.63) is 28.8 Å². The fraction of sp³-hybridized carbons (Fsp3) is 0.600. The molecule has 0 amide bonds. The van der Waals surface area contributed by atoms with Crippen molar-refractivity contribution < 1.29 is 4.74 Å². The summed E-state index contributed by atoms with van der Waals surface area (Å²) >= 11 is 6.16. The second-order valence-corrected chi connectivity index (χ2v) is 5.96. The maximum atomic E-state index is 6.16. The van der Waals surface area contributed by atoms with Crippen molar-refractivity contribution in [2.45, 2.75) is 31.8 Å². The summed E-state index contributed by atoms with van der Waals surface area (Å²) in [5.74, 6) is 0.742. The van der Waals surface area contributed by atoms with Gasteiger partial charge in [0, 0.05) is 25.2 Å². The van der Waals surface area contributed by atoms with Crippen molar-refractivity contribution >= 4 is 11.6 Å². The topological polar surface area (TPSA) is 24.5 Å². The minimum atomic E-state index is 0.300. The minimum Gasteiger partial charge on any atom is -0.495 e. The number of piperidine rings is 1. The molecular weight excluding hydrogens is 260 g/mol. The van der Waals surface area contributed by atoms with Gasteiger partial charge in [0.1, 0.15) is 5.75 Å². The number of hydrogen-bond donors (Lipinski definition) is 1. The SMILES string of the molecule is CNC1(C)CCN(Cc2ccc(OC)c(Cl)c2)CC1. The predicted octanol–water partition coefficient (Wildman–Crippen LogP) is 2.92. The minimum absolute atomic E-state index is 0.300. The van der Waals surface area contributed by atoms with Crippen molar-refractivity contribution in [2.24, 2.45) is 0 Å². The number of benzene rings is 1. The molecule has 0 bridgehead atoms. The lowest BCUT2D eigenvalue weighted by Gasteiger charge is -2.39. The van der Waals surface area contributed by atoms with E-state index in [-0.39, 0.29) is 0 Å². The zero-order valence-electron chi connectivity index (χ0n) is 12.0. The highest BCUT2D eigenvalue weighted by Crippen LogP contribution is 2.27. The number of methoxy groups -OCH3 is 1. The summed E-state index contributed by atoms with van der Waals surface area (Å²) in [6, 6.07) is 6.04. The van der Waals surface area contributed by atoms with Crippen molar-refractivity contribution in [1.29, 1.82) is 0 Å². The van der Waals surface area contributed by atoms with E-state index in [1.54, 1.807) is 7.11 Å². The highest BCUT2D eigenvalue weighted by molar-refractivity contribution is 6.32. The Kier molecular flexibility index (Phi) is 4.71. The van der Waals surface area contributed by atoms with E-state index in [0.717, 1.165) is 25.4 Å². The number of rotatable bonds is 4. The van der Waals surface area contributed by atoms with Crippen LogP contribution in [0.2, 0.25) is 5.02 Å². The third kappa shape index (κ3) is 3.62. The van der Waals surface area contributed by atoms with E-state index in [1.165, 1.54) is 18.4 Å². The average molecular weight is 283 g/mol. The molecule has 106 valence electrons. The van der Waals surface area contributed by atoms with Gasteiger partial charge in [-0.15, -0.1) is 0 Å². The quantitative estimate of drug-likeness (QED) is 0.919. The second-order valence-electron chi connectivity index (χ2n) is 5.56. The Balaban J connectivity index is 1.94. The molecule has 2 rings (SSSR count). The lowest BCUT2D eigenvalue weighted by molar-refractivity contribution is 0.146. The van der Waals surface area contributed by atoms with Crippen LogP contribution in [0.25, 0.3) is 0 Å². The summed E-state index contributed by atoms with van der Waals surface area (Å²) in [5.41, 5.74) is 1.55. The number of hydrogen-bond acceptors (Lipinski definition) is 3. The molecule has 1 fully saturated rings. The second kappa shape index (κ2) is 6.12. The van der Waals surface area contributed by atoms with Gasteiger partial charge in [0.2, 0.25) is 0 Å². The van der Waals surface area contributed by atoms with Gasteiger partial charge in [0.05, 0.1) is 12.1 Å². The zero-order valence-corrected chi connectivity index (χ0v) is 12.8. The smallest absolute Gasteiger partial charge is 0.137 e. The van der Waals surface area contributed by atoms with Crippen LogP contribution < -0.4 is 10.1 Å². The molecule has 0 aliphatic carbocycles. The maximum absolute atomic E-state index is 6.16. The van der Waals surface area contributed by atoms with Crippen LogP contribution in [0.3, 0.4) is 0 Å². The molecule has 1 aliphatic heterocycles. The summed E-state index contributed by atoms with van der Waals surface area (Å²) in [6.45, 7) is 5.51. The van der Waals surface area contributed by atoms with Gasteiger partial charge in [-0.2, -0.15) is 0 Å². The Morgan fingerprint density at radius 1 is 1.37 bits per heavy atom. The summed E-state index contributed by atoms with van der Waals surface area (Å²) < 4.78 is 5.18. The molecular formula is C15H23ClN2O. The predicted molar refractivity (Wildman–Crippen MR) is 80.0 cm³/mol. The zero-order chi connectivity index (χ0) is 13.9. The molecule has 0 saturated carbocycles. The van der Waals surface area contributed by atoms with Gasteiger partial charge in [-0.3, -0.25) is 4.90 Å². The Labute approximate surface area is 120 Å². The first-order chi connectivity index (χ1) is 9.06. The molecule has 1 N–H and O–H groups in total. The van der Waals surface area contributed by atoms with Gasteiger partial charge in [-0.05, 0) is 44.5 Å². The summed E-state index contributed by atoms with van der Waals surface area (Å²) in [7, 11) is 3.70. The molecule has 0 atom stereocenters. The van der Waals surface area contributed by atoms with E-state index in [4.69, 9.17) is 16.3 Å². The standard InChI is InChI=1S/C15H23ClN2O/c1-15(17-2)6-8-18(9-7-15)11-12-4-5-14(19-3)13(16)10-12/h4-5,10,17H,6-9,11H2,1-3H3. The van der Waals surface area contributed by atoms with Crippen molar-refractivity contribution in [3.63, 3.8) is 0 Å². The summed E-state index contributed by atoms with van der Waals surface area (Å²) in [4.78, 5) is 2.48. The van der Waals surface area contributed by atoms with Crippen LogP contribution in [0.4, 0.5) is 0 Å². The molecule has 0 radical (unpaired) electrons. The molecule has 19 heavy (non-hydrogen) atoms. The highest BCUT2D eigenvalue weighted by Gasteiger charge is 2.28. The molecule has 1 aromatic rings. The van der Waals surface area contributed by atoms with E-state index >= 15 is 0 Å². The van der Waals surface area contributed by atoms with E-state index in [2.05, 4.69) is 30.3 Å². The van der Waals surface area contributed by atoms with E-state index in [0.29, 0.717) is 10.6 Å². The number of halogens is 1. The Morgan fingerprint density at radius 2 is 2.05 bits per heavy atom. The van der Waals surface area contributed by atoms with Crippen LogP contribution in [0.15, 0.2) is 18.2 Å². The molecule has 4 heteroatoms. The lowest BCUT2D eigenvalue weighted by Crippen LogP contribution is -2.49. The lowest BCUT2D eigenvalue weighted by atomic mass is 9.90. The van der Waals surface area contributed by atoms with Crippen molar-refractivity contribution in [1.82, 2.24) is 10.2 Å². The van der Waals surface area contributed by atoms with Crippen molar-refractivity contribution in [3.8, 4) is 5.75 Å². The monoisotopic (exact) mass is 282 g/mol. The Hall–Kier alpha value is -0.770. The van der Waals surface area contributed by atoms with Crippen LogP contribution in [-0.2, 0) is 6.54 Å². The number of likely N-dealkylation sites (tertiary alicyclic amines) is 1. The fourth-order valence-electron chi connectivity index (χ4n) is 2.52. The molecule has 3 nitrogen and oxygen atoms in total. The molecule has 1 heterocycles. The summed E-state index contributed by atoms with van der Waals surface area (Å²) in [6.07, 6.45) is 2.38. The number of nitrogens with one attached hydrogen (secondary N) is 1. The van der Waals surface area contributed by atoms with E-state index in [9.17, 15) is 0 Å². The van der Waals surface area contributed by atoms with Gasteiger partial charge in [0.25, 0.3) is 0 Å². The number of ether oxygens (including phenoxy) is 1. The Morgan fingerprint density at radius 3 is 2.58 bits per heavy atom. The van der Waals surface area contributed by atoms with Gasteiger partial charge < -0.3 is 10.1 Å². The van der Waals surface area contributed by atoms with Crippen LogP contribution in [0.1, 0.15) is 25.3 Å². The molecule has 1 aliphatic rings. The van der Waals surface area contributed by atoms with Crippen LogP contribution in [0, 0.1) is 0 Å². The molecule has 1 aromatic carbocycles. The average Bonchev–Trinajstić information content (AvgIpc) is 2.42. The van der Waals surface area contributed by atoms with Gasteiger partial charge >= 0.3 is 0 Å². The van der Waals surface area contributed by atoms with Crippen molar-refractivity contribution in [2.75, 3.05) is 27.2 Å². The normalized spacial score (nSPS) is 19.4. The first kappa shape index (κ1) is 14.6. The van der Waals surface area contributed by atoms with Crippen LogP contribution in [-0.4, -0.2) is 37.7 Å². The largest absolute Gasteiger partial charge is 0.495 e. The first-order valence-corrected chi connectivity index (χ1v) is 7.18. The third-order valence-corrected chi connectivity index (χ3v) is 4.48. The third-order valence-electron chi connectivity index (χ3n) is 4.19. The molecule has 1 saturated heterocycles. The van der Waals surface area contributed by atoms with Gasteiger partial charge in [-0.25, -0.2) is 0 Å². The summed E-state index contributed by atoms with van der Waals surface area (Å²) in [5, 5.41) is 4.12. The van der Waals surface area contributed by atoms with E-state index < -0.39 is 0 Å². The molecule has 0 aromatic heterocycles.